The summed E-state index contributed by atoms with van der Waals surface area (Å²) in [7, 11) is 0. The maximum absolute atomic E-state index is 13.4. The van der Waals surface area contributed by atoms with Crippen LogP contribution in [-0.2, 0) is 6.54 Å². The Morgan fingerprint density at radius 1 is 1.18 bits per heavy atom. The summed E-state index contributed by atoms with van der Waals surface area (Å²) in [4.78, 5) is 13.4. The molecule has 2 aromatic rings. The molecule has 0 spiro atoms. The quantitative estimate of drug-likeness (QED) is 0.760. The van der Waals surface area contributed by atoms with Gasteiger partial charge in [0.25, 0.3) is 5.91 Å². The Morgan fingerprint density at radius 3 is 2.54 bits per heavy atom. The molecule has 0 radical (unpaired) electrons. The summed E-state index contributed by atoms with van der Waals surface area (Å²) in [5.74, 6) is 1.89. The minimum absolute atomic E-state index is 0.149. The maximum atomic E-state index is 13.4. The molecule has 0 saturated heterocycles. The summed E-state index contributed by atoms with van der Waals surface area (Å²) in [6.45, 7) is -0.782. The van der Waals surface area contributed by atoms with E-state index in [-0.39, 0.29) is 30.1 Å². The van der Waals surface area contributed by atoms with Gasteiger partial charge in [-0.3, -0.25) is 9.48 Å². The molecule has 1 heterocycles. The maximum Gasteiger partial charge on any atom is 0.272 e. The van der Waals surface area contributed by atoms with Crippen molar-refractivity contribution in [2.45, 2.75) is 69.8 Å². The number of carbonyl (C=O) groups excluding carboxylic acids is 1. The van der Waals surface area contributed by atoms with Crippen LogP contribution in [0.15, 0.2) is 24.3 Å². The lowest BCUT2D eigenvalue weighted by atomic mass is 9.53. The van der Waals surface area contributed by atoms with Gasteiger partial charge in [-0.25, -0.2) is 0 Å². The number of aromatic nitrogens is 2. The number of nitrogens with one attached hydrogen (secondary N) is 1. The third-order valence-electron chi connectivity index (χ3n) is 6.88. The molecule has 0 aliphatic heterocycles. The third-order valence-corrected chi connectivity index (χ3v) is 6.88. The van der Waals surface area contributed by atoms with Crippen LogP contribution in [0, 0.1) is 17.8 Å². The highest BCUT2D eigenvalue weighted by atomic mass is 16.2. The molecule has 4 aliphatic rings. The number of para-hydroxylation sites is 1. The normalized spacial score (nSPS) is 34.0. The standard InChI is InChI=1S/C23H31N3O2/c27-9-5-1-4-8-26-20-7-3-2-6-19(20)21(25-26)22(28)24-23-13-16-10-17(14-23)12-18(11-16)15-23/h2-3,6-7,16-18,27H,1,4-5,8-15H2,(H,24,28)/i1D2,4D2. The molecule has 4 bridgehead atoms. The van der Waals surface area contributed by atoms with Crippen molar-refractivity contribution in [1.29, 1.82) is 0 Å². The summed E-state index contributed by atoms with van der Waals surface area (Å²) >= 11 is 0. The zero-order valence-electron chi connectivity index (χ0n) is 20.2. The largest absolute Gasteiger partial charge is 0.396 e. The minimum atomic E-state index is -2.27. The van der Waals surface area contributed by atoms with Crippen LogP contribution < -0.4 is 5.32 Å². The SMILES string of the molecule is [2H]C([2H])(CCO)C([2H])([2H])Cn1nc(C(=O)NC23CC4CC(CC(C4)C2)C3)c2ccccc21. The summed E-state index contributed by atoms with van der Waals surface area (Å²) < 4.78 is 34.1. The van der Waals surface area contributed by atoms with E-state index in [1.165, 1.54) is 23.9 Å². The first-order valence-electron chi connectivity index (χ1n) is 12.5. The molecule has 28 heavy (non-hydrogen) atoms. The number of aliphatic hydroxyl groups excluding tert-OH is 1. The van der Waals surface area contributed by atoms with Crippen LogP contribution in [0.4, 0.5) is 0 Å². The van der Waals surface area contributed by atoms with Gasteiger partial charge in [0.1, 0.15) is 0 Å². The van der Waals surface area contributed by atoms with Crippen molar-refractivity contribution >= 4 is 16.8 Å². The molecule has 2 N–H and O–H groups in total. The number of nitrogens with zero attached hydrogens (tertiary/aromatic N) is 2. The van der Waals surface area contributed by atoms with Crippen LogP contribution in [0.3, 0.4) is 0 Å². The Morgan fingerprint density at radius 2 is 1.86 bits per heavy atom. The smallest absolute Gasteiger partial charge is 0.272 e. The molecule has 0 unspecified atom stereocenters. The summed E-state index contributed by atoms with van der Waals surface area (Å²) in [6.07, 6.45) is 2.17. The highest BCUT2D eigenvalue weighted by Crippen LogP contribution is 2.55. The highest BCUT2D eigenvalue weighted by molar-refractivity contribution is 6.05. The van der Waals surface area contributed by atoms with E-state index >= 15 is 0 Å². The number of hydrogen-bond donors (Lipinski definition) is 2. The second-order valence-corrected chi connectivity index (χ2v) is 9.00. The number of aliphatic hydroxyl groups is 1. The van der Waals surface area contributed by atoms with Crippen LogP contribution in [-0.4, -0.2) is 32.9 Å². The van der Waals surface area contributed by atoms with E-state index in [1.54, 1.807) is 12.1 Å². The van der Waals surface area contributed by atoms with Crippen molar-refractivity contribution in [1.82, 2.24) is 15.1 Å². The van der Waals surface area contributed by atoms with E-state index < -0.39 is 19.4 Å². The van der Waals surface area contributed by atoms with Crippen LogP contribution in [0.25, 0.3) is 10.9 Å². The van der Waals surface area contributed by atoms with E-state index in [0.717, 1.165) is 19.3 Å². The number of amides is 1. The van der Waals surface area contributed by atoms with Gasteiger partial charge in [-0.2, -0.15) is 5.10 Å². The first-order valence-corrected chi connectivity index (χ1v) is 10.5. The van der Waals surface area contributed by atoms with Crippen molar-refractivity contribution in [2.24, 2.45) is 17.8 Å². The van der Waals surface area contributed by atoms with Gasteiger partial charge < -0.3 is 10.4 Å². The van der Waals surface area contributed by atoms with Gasteiger partial charge in [0.05, 0.1) is 5.52 Å². The summed E-state index contributed by atoms with van der Waals surface area (Å²) in [5.41, 5.74) is 0.728. The van der Waals surface area contributed by atoms with Crippen molar-refractivity contribution in [2.75, 3.05) is 6.61 Å². The zero-order valence-corrected chi connectivity index (χ0v) is 16.2. The van der Waals surface area contributed by atoms with Gasteiger partial charge in [0, 0.05) is 29.6 Å². The molecule has 0 atom stereocenters. The Balaban J connectivity index is 1.43. The van der Waals surface area contributed by atoms with Gasteiger partial charge in [0.15, 0.2) is 5.69 Å². The molecule has 6 rings (SSSR count). The first kappa shape index (κ1) is 14.2. The second-order valence-electron chi connectivity index (χ2n) is 9.00. The molecule has 150 valence electrons. The summed E-state index contributed by atoms with van der Waals surface area (Å²) in [6, 6.07) is 7.22. The van der Waals surface area contributed by atoms with Crippen LogP contribution >= 0.6 is 0 Å². The Labute approximate surface area is 172 Å². The van der Waals surface area contributed by atoms with Gasteiger partial charge in [-0.1, -0.05) is 18.2 Å². The number of rotatable bonds is 7. The molecule has 4 aliphatic carbocycles. The Bertz CT molecular complexity index is 1000. The predicted octanol–water partition coefficient (Wildman–Crippen LogP) is 3.90. The van der Waals surface area contributed by atoms with Crippen LogP contribution in [0.2, 0.25) is 0 Å². The fourth-order valence-corrected chi connectivity index (χ4v) is 6.25. The van der Waals surface area contributed by atoms with Crippen molar-refractivity contribution in [3.05, 3.63) is 30.0 Å². The zero-order chi connectivity index (χ0) is 22.7. The molecule has 4 saturated carbocycles. The van der Waals surface area contributed by atoms with Gasteiger partial charge in [-0.15, -0.1) is 0 Å². The molecular weight excluding hydrogens is 350 g/mol. The topological polar surface area (TPSA) is 67.1 Å². The lowest BCUT2D eigenvalue weighted by Crippen LogP contribution is -2.59. The molecule has 4 fully saturated rings. The average Bonchev–Trinajstić information content (AvgIpc) is 3.05. The van der Waals surface area contributed by atoms with E-state index in [9.17, 15) is 4.79 Å². The first-order chi connectivity index (χ1) is 15.1. The number of aryl methyl sites for hydroxylation is 1. The van der Waals surface area contributed by atoms with E-state index in [0.29, 0.717) is 28.7 Å². The lowest BCUT2D eigenvalue weighted by Gasteiger charge is -2.56. The number of hydrogen-bond acceptors (Lipinski definition) is 3. The molecule has 5 heteroatoms. The Hall–Kier alpha value is -1.88. The summed E-state index contributed by atoms with van der Waals surface area (Å²) in [5, 5.41) is 17.6. The van der Waals surface area contributed by atoms with E-state index in [1.807, 2.05) is 12.1 Å². The molecule has 1 amide bonds. The van der Waals surface area contributed by atoms with Crippen molar-refractivity contribution in [3.8, 4) is 0 Å². The molecular formula is C23H31N3O2. The average molecular weight is 386 g/mol. The van der Waals surface area contributed by atoms with Crippen molar-refractivity contribution in [3.63, 3.8) is 0 Å². The van der Waals surface area contributed by atoms with Crippen LogP contribution in [0.1, 0.15) is 73.7 Å². The lowest BCUT2D eigenvalue weighted by molar-refractivity contribution is -0.0167. The molecule has 5 nitrogen and oxygen atoms in total. The fourth-order valence-electron chi connectivity index (χ4n) is 6.25. The number of benzene rings is 1. The van der Waals surface area contributed by atoms with E-state index in [2.05, 4.69) is 10.4 Å². The minimum Gasteiger partial charge on any atom is -0.396 e. The molecule has 1 aromatic heterocycles. The fraction of sp³-hybridized carbons (Fsp3) is 0.652. The second kappa shape index (κ2) is 7.18. The monoisotopic (exact) mass is 385 g/mol. The van der Waals surface area contributed by atoms with Gasteiger partial charge in [0.2, 0.25) is 0 Å². The van der Waals surface area contributed by atoms with Gasteiger partial charge in [-0.05, 0) is 81.5 Å². The van der Waals surface area contributed by atoms with E-state index in [4.69, 9.17) is 10.6 Å². The van der Waals surface area contributed by atoms with Crippen molar-refractivity contribution < 1.29 is 15.4 Å². The predicted molar refractivity (Wildman–Crippen MR) is 109 cm³/mol. The number of fused-ring (bicyclic) bond motifs is 1. The third kappa shape index (κ3) is 3.24. The van der Waals surface area contributed by atoms with Gasteiger partial charge >= 0.3 is 0 Å². The highest BCUT2D eigenvalue weighted by Gasteiger charge is 2.51. The number of carbonyl (C=O) groups is 1. The molecule has 1 aromatic carbocycles. The van der Waals surface area contributed by atoms with Crippen LogP contribution in [0.5, 0.6) is 0 Å². The Kier molecular flexibility index (Phi) is 3.63.